The van der Waals surface area contributed by atoms with Crippen LogP contribution in [0.1, 0.15) is 18.9 Å². The van der Waals surface area contributed by atoms with E-state index in [1.54, 1.807) is 18.2 Å². The third-order valence-electron chi connectivity index (χ3n) is 2.68. The SMILES string of the molecule is CCCOC1Oc2c(cccc2OC)C=C1[N+](=O)[O-]. The van der Waals surface area contributed by atoms with Gasteiger partial charge in [0.2, 0.25) is 0 Å². The van der Waals surface area contributed by atoms with Gasteiger partial charge in [-0.1, -0.05) is 19.1 Å². The summed E-state index contributed by atoms with van der Waals surface area (Å²) in [5, 5.41) is 11.0. The fourth-order valence-corrected chi connectivity index (χ4v) is 1.81. The summed E-state index contributed by atoms with van der Waals surface area (Å²) < 4.78 is 16.1. The maximum Gasteiger partial charge on any atom is 0.315 e. The molecule has 2 rings (SSSR count). The van der Waals surface area contributed by atoms with Gasteiger partial charge in [0.25, 0.3) is 6.29 Å². The molecule has 1 unspecified atom stereocenters. The highest BCUT2D eigenvalue weighted by Crippen LogP contribution is 2.37. The fourth-order valence-electron chi connectivity index (χ4n) is 1.81. The summed E-state index contributed by atoms with van der Waals surface area (Å²) in [5.74, 6) is 0.998. The normalized spacial score (nSPS) is 17.2. The molecule has 1 heterocycles. The highest BCUT2D eigenvalue weighted by Gasteiger charge is 2.33. The highest BCUT2D eigenvalue weighted by atomic mass is 16.7. The summed E-state index contributed by atoms with van der Waals surface area (Å²) in [5.41, 5.74) is 0.511. The smallest absolute Gasteiger partial charge is 0.315 e. The molecule has 0 aliphatic carbocycles. The standard InChI is InChI=1S/C13H15NO5/c1-3-7-18-13-10(14(15)16)8-9-5-4-6-11(17-2)12(9)19-13/h4-6,8,13H,3,7H2,1-2H3. The predicted molar refractivity (Wildman–Crippen MR) is 68.6 cm³/mol. The Hall–Kier alpha value is -2.08. The Labute approximate surface area is 110 Å². The van der Waals surface area contributed by atoms with Crippen LogP contribution in [0.2, 0.25) is 0 Å². The Kier molecular flexibility index (Phi) is 4.01. The summed E-state index contributed by atoms with van der Waals surface area (Å²) in [6.45, 7) is 2.31. The van der Waals surface area contributed by atoms with Gasteiger partial charge in [-0.2, -0.15) is 0 Å². The molecule has 0 bridgehead atoms. The lowest BCUT2D eigenvalue weighted by atomic mass is 10.1. The first-order valence-corrected chi connectivity index (χ1v) is 5.98. The molecule has 1 atom stereocenters. The van der Waals surface area contributed by atoms with Crippen molar-refractivity contribution in [3.05, 3.63) is 39.6 Å². The lowest BCUT2D eigenvalue weighted by molar-refractivity contribution is -0.444. The van der Waals surface area contributed by atoms with Gasteiger partial charge in [0.15, 0.2) is 11.5 Å². The van der Waals surface area contributed by atoms with Gasteiger partial charge in [-0.05, 0) is 12.5 Å². The van der Waals surface area contributed by atoms with E-state index in [1.807, 2.05) is 6.92 Å². The number of nitrogens with zero attached hydrogens (tertiary/aromatic N) is 1. The number of ether oxygens (including phenoxy) is 3. The van der Waals surface area contributed by atoms with Gasteiger partial charge in [0.1, 0.15) is 0 Å². The third kappa shape index (κ3) is 2.68. The van der Waals surface area contributed by atoms with Crippen LogP contribution in [0, 0.1) is 10.1 Å². The van der Waals surface area contributed by atoms with Crippen molar-refractivity contribution in [1.82, 2.24) is 0 Å². The first-order chi connectivity index (χ1) is 9.17. The largest absolute Gasteiger partial charge is 0.493 e. The van der Waals surface area contributed by atoms with E-state index in [0.29, 0.717) is 23.7 Å². The first-order valence-electron chi connectivity index (χ1n) is 5.98. The number of hydrogen-bond donors (Lipinski definition) is 0. The zero-order valence-electron chi connectivity index (χ0n) is 10.8. The van der Waals surface area contributed by atoms with E-state index >= 15 is 0 Å². The zero-order chi connectivity index (χ0) is 13.8. The van der Waals surface area contributed by atoms with Gasteiger partial charge in [0, 0.05) is 11.6 Å². The number of fused-ring (bicyclic) bond motifs is 1. The van der Waals surface area contributed by atoms with Gasteiger partial charge >= 0.3 is 5.70 Å². The molecule has 1 aliphatic rings. The molecule has 0 spiro atoms. The number of hydrogen-bond acceptors (Lipinski definition) is 5. The minimum absolute atomic E-state index is 0.103. The molecule has 102 valence electrons. The Morgan fingerprint density at radius 2 is 2.26 bits per heavy atom. The van der Waals surface area contributed by atoms with Crippen molar-refractivity contribution in [2.24, 2.45) is 0 Å². The summed E-state index contributed by atoms with van der Waals surface area (Å²) in [4.78, 5) is 10.6. The van der Waals surface area contributed by atoms with Crippen molar-refractivity contribution in [1.29, 1.82) is 0 Å². The molecule has 0 aromatic heterocycles. The molecule has 0 saturated heterocycles. The molecule has 1 aromatic rings. The van der Waals surface area contributed by atoms with Crippen LogP contribution in [0.4, 0.5) is 0 Å². The maximum atomic E-state index is 11.0. The molecule has 0 N–H and O–H groups in total. The molecule has 0 saturated carbocycles. The van der Waals surface area contributed by atoms with E-state index in [4.69, 9.17) is 14.2 Å². The zero-order valence-corrected chi connectivity index (χ0v) is 10.8. The molecule has 1 aliphatic heterocycles. The molecule has 19 heavy (non-hydrogen) atoms. The van der Waals surface area contributed by atoms with Crippen molar-refractivity contribution in [2.75, 3.05) is 13.7 Å². The van der Waals surface area contributed by atoms with E-state index in [2.05, 4.69) is 0 Å². The van der Waals surface area contributed by atoms with Gasteiger partial charge in [0.05, 0.1) is 18.6 Å². The van der Waals surface area contributed by atoms with Gasteiger partial charge < -0.3 is 14.2 Å². The summed E-state index contributed by atoms with van der Waals surface area (Å²) >= 11 is 0. The quantitative estimate of drug-likeness (QED) is 0.604. The van der Waals surface area contributed by atoms with Gasteiger partial charge in [-0.15, -0.1) is 0 Å². The summed E-state index contributed by atoms with van der Waals surface area (Å²) in [6, 6.07) is 5.22. The molecule has 0 amide bonds. The Balaban J connectivity index is 2.39. The van der Waals surface area contributed by atoms with Crippen molar-refractivity contribution >= 4 is 6.08 Å². The van der Waals surface area contributed by atoms with Crippen LogP contribution in [-0.2, 0) is 4.74 Å². The van der Waals surface area contributed by atoms with Crippen LogP contribution in [0.3, 0.4) is 0 Å². The molecule has 6 nitrogen and oxygen atoms in total. The summed E-state index contributed by atoms with van der Waals surface area (Å²) in [7, 11) is 1.52. The van der Waals surface area contributed by atoms with E-state index < -0.39 is 11.2 Å². The van der Waals surface area contributed by atoms with Crippen LogP contribution < -0.4 is 9.47 Å². The average Bonchev–Trinajstić information content (AvgIpc) is 2.43. The monoisotopic (exact) mass is 265 g/mol. The van der Waals surface area contributed by atoms with Crippen molar-refractivity contribution in [3.63, 3.8) is 0 Å². The number of rotatable bonds is 5. The van der Waals surface area contributed by atoms with Crippen molar-refractivity contribution in [3.8, 4) is 11.5 Å². The average molecular weight is 265 g/mol. The number of nitro groups is 1. The highest BCUT2D eigenvalue weighted by molar-refractivity contribution is 5.65. The van der Waals surface area contributed by atoms with E-state index in [9.17, 15) is 10.1 Å². The molecule has 0 fully saturated rings. The molecular weight excluding hydrogens is 250 g/mol. The van der Waals surface area contributed by atoms with Crippen LogP contribution >= 0.6 is 0 Å². The Morgan fingerprint density at radius 1 is 1.47 bits per heavy atom. The maximum absolute atomic E-state index is 11.0. The molecule has 6 heteroatoms. The number of methoxy groups -OCH3 is 1. The predicted octanol–water partition coefficient (Wildman–Crippen LogP) is 2.46. The Morgan fingerprint density at radius 3 is 2.89 bits per heavy atom. The van der Waals surface area contributed by atoms with Crippen molar-refractivity contribution < 1.29 is 19.1 Å². The van der Waals surface area contributed by atoms with Crippen LogP contribution in [-0.4, -0.2) is 24.9 Å². The number of benzene rings is 1. The number of para-hydroxylation sites is 1. The Bertz CT molecular complexity index is 512. The molecule has 1 aromatic carbocycles. The second-order valence-electron chi connectivity index (χ2n) is 4.03. The molecular formula is C13H15NO5. The first kappa shape index (κ1) is 13.4. The molecule has 0 radical (unpaired) electrons. The van der Waals surface area contributed by atoms with Gasteiger partial charge in [-0.25, -0.2) is 0 Å². The second-order valence-corrected chi connectivity index (χ2v) is 4.03. The van der Waals surface area contributed by atoms with Gasteiger partial charge in [-0.3, -0.25) is 10.1 Å². The lowest BCUT2D eigenvalue weighted by Gasteiger charge is -2.23. The van der Waals surface area contributed by atoms with Crippen LogP contribution in [0.15, 0.2) is 23.9 Å². The van der Waals surface area contributed by atoms with Crippen LogP contribution in [0.5, 0.6) is 11.5 Å². The van der Waals surface area contributed by atoms with E-state index in [0.717, 1.165) is 6.42 Å². The third-order valence-corrected chi connectivity index (χ3v) is 2.68. The lowest BCUT2D eigenvalue weighted by Crippen LogP contribution is -2.30. The van der Waals surface area contributed by atoms with E-state index in [1.165, 1.54) is 13.2 Å². The van der Waals surface area contributed by atoms with Crippen molar-refractivity contribution in [2.45, 2.75) is 19.6 Å². The second kappa shape index (κ2) is 5.71. The fraction of sp³-hybridized carbons (Fsp3) is 0.385. The topological polar surface area (TPSA) is 70.8 Å². The minimum atomic E-state index is -1.00. The van der Waals surface area contributed by atoms with Crippen LogP contribution in [0.25, 0.3) is 6.08 Å². The van der Waals surface area contributed by atoms with E-state index in [-0.39, 0.29) is 5.70 Å². The summed E-state index contributed by atoms with van der Waals surface area (Å²) in [6.07, 6.45) is 1.21. The minimum Gasteiger partial charge on any atom is -0.493 e.